The van der Waals surface area contributed by atoms with Crippen molar-refractivity contribution >= 4 is 0 Å². The third-order valence-corrected chi connectivity index (χ3v) is 2.87. The average molecular weight is 150 g/mol. The standard InChI is InChI=1S/C10H14O/c1-2-4-6-10(5-3-1)7-8-11-9-10/h3-9H2. The van der Waals surface area contributed by atoms with Crippen molar-refractivity contribution in [3.05, 3.63) is 0 Å². The summed E-state index contributed by atoms with van der Waals surface area (Å²) < 4.78 is 5.44. The first kappa shape index (κ1) is 7.18. The fourth-order valence-electron chi connectivity index (χ4n) is 2.00. The van der Waals surface area contributed by atoms with Crippen LogP contribution in [0.15, 0.2) is 0 Å². The molecule has 0 unspecified atom stereocenters. The van der Waals surface area contributed by atoms with E-state index in [0.29, 0.717) is 5.41 Å². The molecule has 1 aliphatic carbocycles. The predicted molar refractivity (Wildman–Crippen MR) is 44.1 cm³/mol. The van der Waals surface area contributed by atoms with Gasteiger partial charge >= 0.3 is 0 Å². The highest BCUT2D eigenvalue weighted by Gasteiger charge is 2.33. The van der Waals surface area contributed by atoms with Crippen molar-refractivity contribution in [3.8, 4) is 11.8 Å². The lowest BCUT2D eigenvalue weighted by Crippen LogP contribution is -2.19. The Balaban J connectivity index is 2.02. The second-order valence-electron chi connectivity index (χ2n) is 3.66. The molecule has 1 heteroatoms. The van der Waals surface area contributed by atoms with Gasteiger partial charge in [-0.15, -0.1) is 11.8 Å². The van der Waals surface area contributed by atoms with Crippen molar-refractivity contribution in [1.82, 2.24) is 0 Å². The summed E-state index contributed by atoms with van der Waals surface area (Å²) in [6.07, 6.45) is 5.96. The van der Waals surface area contributed by atoms with Crippen LogP contribution in [-0.2, 0) is 4.74 Å². The Hall–Kier alpha value is -0.480. The molecule has 0 aromatic rings. The SMILES string of the molecule is C1#CCCC2(CC1)CCOC2. The summed E-state index contributed by atoms with van der Waals surface area (Å²) in [5, 5.41) is 0. The number of hydrogen-bond donors (Lipinski definition) is 0. The number of hydrogen-bond acceptors (Lipinski definition) is 1. The zero-order valence-electron chi connectivity index (χ0n) is 6.86. The largest absolute Gasteiger partial charge is 0.381 e. The highest BCUT2D eigenvalue weighted by atomic mass is 16.5. The van der Waals surface area contributed by atoms with Crippen molar-refractivity contribution in [2.24, 2.45) is 5.41 Å². The minimum Gasteiger partial charge on any atom is -0.381 e. The Bertz CT molecular complexity index is 177. The highest BCUT2D eigenvalue weighted by Crippen LogP contribution is 2.38. The lowest BCUT2D eigenvalue weighted by atomic mass is 9.80. The second-order valence-corrected chi connectivity index (χ2v) is 3.66. The molecular weight excluding hydrogens is 136 g/mol. The fourth-order valence-corrected chi connectivity index (χ4v) is 2.00. The van der Waals surface area contributed by atoms with Gasteiger partial charge in [-0.1, -0.05) is 0 Å². The highest BCUT2D eigenvalue weighted by molar-refractivity contribution is 5.05. The van der Waals surface area contributed by atoms with E-state index in [1.807, 2.05) is 0 Å². The van der Waals surface area contributed by atoms with Crippen LogP contribution in [0, 0.1) is 17.3 Å². The molecule has 1 heterocycles. The lowest BCUT2D eigenvalue weighted by molar-refractivity contribution is 0.142. The lowest BCUT2D eigenvalue weighted by Gasteiger charge is -2.24. The van der Waals surface area contributed by atoms with Gasteiger partial charge in [0, 0.05) is 19.4 Å². The van der Waals surface area contributed by atoms with Crippen LogP contribution in [0.3, 0.4) is 0 Å². The van der Waals surface area contributed by atoms with Gasteiger partial charge in [0.15, 0.2) is 0 Å². The Morgan fingerprint density at radius 2 is 1.73 bits per heavy atom. The molecular formula is C10H14O. The van der Waals surface area contributed by atoms with Crippen molar-refractivity contribution in [2.75, 3.05) is 13.2 Å². The van der Waals surface area contributed by atoms with Crippen LogP contribution in [0.1, 0.15) is 32.1 Å². The first-order valence-electron chi connectivity index (χ1n) is 4.45. The minimum atomic E-state index is 0.510. The molecule has 60 valence electrons. The Morgan fingerprint density at radius 3 is 2.27 bits per heavy atom. The predicted octanol–water partition coefficient (Wildman–Crippen LogP) is 1.97. The molecule has 0 radical (unpaired) electrons. The minimum absolute atomic E-state index is 0.510. The normalized spacial score (nSPS) is 27.6. The summed E-state index contributed by atoms with van der Waals surface area (Å²) in [5.41, 5.74) is 0.510. The van der Waals surface area contributed by atoms with Gasteiger partial charge in [-0.25, -0.2) is 0 Å². The maximum Gasteiger partial charge on any atom is 0.0523 e. The molecule has 1 saturated heterocycles. The zero-order chi connectivity index (χ0) is 7.57. The van der Waals surface area contributed by atoms with Crippen molar-refractivity contribution in [3.63, 3.8) is 0 Å². The van der Waals surface area contributed by atoms with Crippen LogP contribution in [0.5, 0.6) is 0 Å². The summed E-state index contributed by atoms with van der Waals surface area (Å²) in [7, 11) is 0. The molecule has 0 N–H and O–H groups in total. The van der Waals surface area contributed by atoms with Gasteiger partial charge in [-0.05, 0) is 24.7 Å². The van der Waals surface area contributed by atoms with Crippen molar-refractivity contribution in [1.29, 1.82) is 0 Å². The smallest absolute Gasteiger partial charge is 0.0523 e. The summed E-state index contributed by atoms with van der Waals surface area (Å²) in [4.78, 5) is 0. The maximum atomic E-state index is 5.44. The maximum absolute atomic E-state index is 5.44. The molecule has 0 aromatic heterocycles. The van der Waals surface area contributed by atoms with Gasteiger partial charge in [0.1, 0.15) is 0 Å². The molecule has 0 amide bonds. The van der Waals surface area contributed by atoms with Gasteiger partial charge in [-0.2, -0.15) is 0 Å². The first-order valence-corrected chi connectivity index (χ1v) is 4.45. The van der Waals surface area contributed by atoms with Gasteiger partial charge in [-0.3, -0.25) is 0 Å². The molecule has 0 atom stereocenters. The number of rotatable bonds is 0. The van der Waals surface area contributed by atoms with Crippen LogP contribution in [-0.4, -0.2) is 13.2 Å². The van der Waals surface area contributed by atoms with Crippen molar-refractivity contribution in [2.45, 2.75) is 32.1 Å². The van der Waals surface area contributed by atoms with Crippen LogP contribution in [0.4, 0.5) is 0 Å². The molecule has 1 aliphatic heterocycles. The van der Waals surface area contributed by atoms with Crippen molar-refractivity contribution < 1.29 is 4.74 Å². The van der Waals surface area contributed by atoms with Gasteiger partial charge in [0.25, 0.3) is 0 Å². The van der Waals surface area contributed by atoms with Gasteiger partial charge in [0.2, 0.25) is 0 Å². The van der Waals surface area contributed by atoms with E-state index in [1.165, 1.54) is 19.3 Å². The zero-order valence-corrected chi connectivity index (χ0v) is 6.86. The summed E-state index contributed by atoms with van der Waals surface area (Å²) in [6, 6.07) is 0. The first-order chi connectivity index (χ1) is 5.41. The van der Waals surface area contributed by atoms with Crippen LogP contribution >= 0.6 is 0 Å². The van der Waals surface area contributed by atoms with E-state index in [4.69, 9.17) is 4.74 Å². The Morgan fingerprint density at radius 1 is 1.00 bits per heavy atom. The molecule has 1 fully saturated rings. The third-order valence-electron chi connectivity index (χ3n) is 2.87. The van der Waals surface area contributed by atoms with E-state index in [-0.39, 0.29) is 0 Å². The summed E-state index contributed by atoms with van der Waals surface area (Å²) in [5.74, 6) is 6.39. The molecule has 0 saturated carbocycles. The van der Waals surface area contributed by atoms with E-state index >= 15 is 0 Å². The topological polar surface area (TPSA) is 9.23 Å². The van der Waals surface area contributed by atoms with Gasteiger partial charge < -0.3 is 4.74 Å². The fraction of sp³-hybridized carbons (Fsp3) is 0.800. The Kier molecular flexibility index (Phi) is 1.87. The van der Waals surface area contributed by atoms with E-state index in [1.54, 1.807) is 0 Å². The monoisotopic (exact) mass is 150 g/mol. The molecule has 2 rings (SSSR count). The summed E-state index contributed by atoms with van der Waals surface area (Å²) >= 11 is 0. The van der Waals surface area contributed by atoms with Crippen LogP contribution < -0.4 is 0 Å². The Labute approximate surface area is 68.1 Å². The molecule has 2 aliphatic rings. The quantitative estimate of drug-likeness (QED) is 0.480. The molecule has 11 heavy (non-hydrogen) atoms. The van der Waals surface area contributed by atoms with E-state index in [9.17, 15) is 0 Å². The van der Waals surface area contributed by atoms with Crippen LogP contribution in [0.2, 0.25) is 0 Å². The summed E-state index contributed by atoms with van der Waals surface area (Å²) in [6.45, 7) is 1.95. The molecule has 0 bridgehead atoms. The third kappa shape index (κ3) is 1.41. The molecule has 1 nitrogen and oxygen atoms in total. The molecule has 1 spiro atoms. The molecule has 0 aromatic carbocycles. The van der Waals surface area contributed by atoms with E-state index in [0.717, 1.165) is 26.1 Å². The van der Waals surface area contributed by atoms with Crippen LogP contribution in [0.25, 0.3) is 0 Å². The number of ether oxygens (including phenoxy) is 1. The van der Waals surface area contributed by atoms with Gasteiger partial charge in [0.05, 0.1) is 6.61 Å². The average Bonchev–Trinajstić information content (AvgIpc) is 2.32. The second kappa shape index (κ2) is 2.87. The van der Waals surface area contributed by atoms with E-state index < -0.39 is 0 Å². The van der Waals surface area contributed by atoms with E-state index in [2.05, 4.69) is 11.8 Å².